The quantitative estimate of drug-likeness (QED) is 0.633. The second-order valence-corrected chi connectivity index (χ2v) is 8.43. The van der Waals surface area contributed by atoms with Gasteiger partial charge < -0.3 is 5.32 Å². The number of carbonyl (C=O) groups is 1. The normalized spacial score (nSPS) is 20.8. The molecule has 2 aromatic carbocycles. The lowest BCUT2D eigenvalue weighted by atomic mass is 9.68. The Morgan fingerprint density at radius 3 is 2.70 bits per heavy atom. The van der Waals surface area contributed by atoms with Gasteiger partial charge in [0.2, 0.25) is 0 Å². The maximum absolute atomic E-state index is 13.3. The van der Waals surface area contributed by atoms with Gasteiger partial charge in [0, 0.05) is 41.7 Å². The molecule has 134 valence electrons. The Kier molecular flexibility index (Phi) is 3.48. The van der Waals surface area contributed by atoms with Crippen molar-refractivity contribution in [2.24, 2.45) is 5.41 Å². The molecule has 0 bridgehead atoms. The van der Waals surface area contributed by atoms with E-state index in [1.165, 1.54) is 16.3 Å². The van der Waals surface area contributed by atoms with Gasteiger partial charge in [0.05, 0.1) is 0 Å². The van der Waals surface area contributed by atoms with E-state index in [0.29, 0.717) is 6.42 Å². The fraction of sp³-hybridized carbons (Fsp3) is 0.250. The monoisotopic (exact) mass is 354 g/mol. The molecule has 1 aliphatic heterocycles. The van der Waals surface area contributed by atoms with Crippen molar-refractivity contribution in [3.05, 3.63) is 83.3 Å². The summed E-state index contributed by atoms with van der Waals surface area (Å²) in [6.07, 6.45) is 5.16. The van der Waals surface area contributed by atoms with Crippen LogP contribution in [0.2, 0.25) is 0 Å². The first kappa shape index (κ1) is 16.2. The van der Waals surface area contributed by atoms with Crippen molar-refractivity contribution in [1.82, 2.24) is 4.98 Å². The van der Waals surface area contributed by atoms with Gasteiger partial charge in [-0.25, -0.2) is 0 Å². The summed E-state index contributed by atoms with van der Waals surface area (Å²) < 4.78 is 0. The molecule has 1 N–H and O–H groups in total. The highest BCUT2D eigenvalue weighted by molar-refractivity contribution is 6.04. The van der Waals surface area contributed by atoms with E-state index in [9.17, 15) is 4.79 Å². The van der Waals surface area contributed by atoms with E-state index >= 15 is 0 Å². The van der Waals surface area contributed by atoms with Gasteiger partial charge in [-0.1, -0.05) is 50.2 Å². The molecule has 27 heavy (non-hydrogen) atoms. The highest BCUT2D eigenvalue weighted by Gasteiger charge is 2.41. The minimum absolute atomic E-state index is 0.0171. The second-order valence-electron chi connectivity index (χ2n) is 8.43. The third-order valence-corrected chi connectivity index (χ3v) is 5.77. The van der Waals surface area contributed by atoms with E-state index in [-0.39, 0.29) is 17.1 Å². The van der Waals surface area contributed by atoms with Gasteiger partial charge in [0.25, 0.3) is 0 Å². The van der Waals surface area contributed by atoms with Gasteiger partial charge in [0.15, 0.2) is 5.78 Å². The summed E-state index contributed by atoms with van der Waals surface area (Å²) in [4.78, 5) is 17.6. The molecule has 3 heteroatoms. The number of carbonyl (C=O) groups excluding carboxylic acids is 1. The number of hydrogen-bond acceptors (Lipinski definition) is 3. The molecule has 0 saturated heterocycles. The molecule has 0 radical (unpaired) electrons. The van der Waals surface area contributed by atoms with Gasteiger partial charge in [-0.05, 0) is 45.9 Å². The number of Topliss-reactive ketones (excluding diaryl/α,β-unsaturated/α-hetero) is 1. The van der Waals surface area contributed by atoms with Crippen molar-refractivity contribution in [2.45, 2.75) is 32.6 Å². The number of fused-ring (bicyclic) bond motifs is 3. The molecule has 3 aromatic rings. The molecule has 0 saturated carbocycles. The number of allylic oxidation sites excluding steroid dienone is 2. The highest BCUT2D eigenvalue weighted by atomic mass is 16.1. The number of aromatic nitrogens is 1. The van der Waals surface area contributed by atoms with Gasteiger partial charge in [-0.2, -0.15) is 0 Å². The number of ketones is 1. The predicted octanol–water partition coefficient (Wildman–Crippen LogP) is 5.44. The summed E-state index contributed by atoms with van der Waals surface area (Å²) in [7, 11) is 0. The van der Waals surface area contributed by atoms with Crippen LogP contribution in [0.15, 0.2) is 72.2 Å². The Morgan fingerprint density at radius 1 is 1.04 bits per heavy atom. The molecule has 0 spiro atoms. The van der Waals surface area contributed by atoms with E-state index in [1.807, 2.05) is 12.3 Å². The molecule has 2 heterocycles. The number of pyridine rings is 1. The van der Waals surface area contributed by atoms with Crippen LogP contribution >= 0.6 is 0 Å². The van der Waals surface area contributed by atoms with E-state index in [4.69, 9.17) is 0 Å². The minimum atomic E-state index is -0.0698. The Hall–Kier alpha value is -2.94. The standard InChI is InChI=1S/C24H22N2O/c1-24(2)12-19-23(20(27)13-24)21(16-7-5-11-25-14-16)22-17-8-4-3-6-15(17)9-10-18(22)26-19/h3-11,14,21,26H,12-13H2,1-2H3/t21-/m1/s1. The number of anilines is 1. The van der Waals surface area contributed by atoms with Crippen molar-refractivity contribution in [1.29, 1.82) is 0 Å². The molecule has 1 aliphatic carbocycles. The smallest absolute Gasteiger partial charge is 0.162 e. The van der Waals surface area contributed by atoms with Crippen molar-refractivity contribution < 1.29 is 4.79 Å². The van der Waals surface area contributed by atoms with Crippen molar-refractivity contribution in [3.8, 4) is 0 Å². The Labute approximate surface area is 159 Å². The van der Waals surface area contributed by atoms with Crippen molar-refractivity contribution in [2.75, 3.05) is 5.32 Å². The third kappa shape index (κ3) is 2.57. The fourth-order valence-electron chi connectivity index (χ4n) is 4.68. The summed E-state index contributed by atoms with van der Waals surface area (Å²) in [5.41, 5.74) is 5.35. The maximum atomic E-state index is 13.3. The largest absolute Gasteiger partial charge is 0.358 e. The van der Waals surface area contributed by atoms with Crippen molar-refractivity contribution in [3.63, 3.8) is 0 Å². The second kappa shape index (κ2) is 5.78. The number of nitrogens with one attached hydrogen (secondary N) is 1. The van der Waals surface area contributed by atoms with Crippen LogP contribution in [0.25, 0.3) is 10.8 Å². The summed E-state index contributed by atoms with van der Waals surface area (Å²) in [5.74, 6) is 0.181. The van der Waals surface area contributed by atoms with Gasteiger partial charge in [-0.15, -0.1) is 0 Å². The zero-order valence-electron chi connectivity index (χ0n) is 15.6. The number of hydrogen-bond donors (Lipinski definition) is 1. The minimum Gasteiger partial charge on any atom is -0.358 e. The third-order valence-electron chi connectivity index (χ3n) is 5.77. The van der Waals surface area contributed by atoms with Gasteiger partial charge in [0.1, 0.15) is 0 Å². The van der Waals surface area contributed by atoms with Crippen LogP contribution in [0.5, 0.6) is 0 Å². The molecule has 3 nitrogen and oxygen atoms in total. The molecular weight excluding hydrogens is 332 g/mol. The van der Waals surface area contributed by atoms with Crippen LogP contribution in [0, 0.1) is 5.41 Å². The molecular formula is C24H22N2O. The zero-order chi connectivity index (χ0) is 18.6. The van der Waals surface area contributed by atoms with Gasteiger partial charge >= 0.3 is 0 Å². The fourth-order valence-corrected chi connectivity index (χ4v) is 4.68. The van der Waals surface area contributed by atoms with Crippen LogP contribution in [0.1, 0.15) is 43.7 Å². The van der Waals surface area contributed by atoms with E-state index < -0.39 is 0 Å². The Morgan fingerprint density at radius 2 is 1.89 bits per heavy atom. The summed E-state index contributed by atoms with van der Waals surface area (Å²) in [5, 5.41) is 6.00. The lowest BCUT2D eigenvalue weighted by Crippen LogP contribution is -2.33. The van der Waals surface area contributed by atoms with Crippen LogP contribution in [-0.2, 0) is 4.79 Å². The highest BCUT2D eigenvalue weighted by Crippen LogP contribution is 2.50. The summed E-state index contributed by atoms with van der Waals surface area (Å²) >= 11 is 0. The van der Waals surface area contributed by atoms with Crippen LogP contribution < -0.4 is 5.32 Å². The first-order valence-corrected chi connectivity index (χ1v) is 9.48. The molecule has 2 aliphatic rings. The average molecular weight is 354 g/mol. The van der Waals surface area contributed by atoms with E-state index in [0.717, 1.165) is 28.9 Å². The molecule has 0 unspecified atom stereocenters. The number of rotatable bonds is 1. The maximum Gasteiger partial charge on any atom is 0.162 e. The first-order chi connectivity index (χ1) is 13.0. The van der Waals surface area contributed by atoms with Crippen LogP contribution in [0.4, 0.5) is 5.69 Å². The topological polar surface area (TPSA) is 42.0 Å². The summed E-state index contributed by atoms with van der Waals surface area (Å²) in [6.45, 7) is 4.34. The average Bonchev–Trinajstić information content (AvgIpc) is 2.66. The molecule has 1 aromatic heterocycles. The number of benzene rings is 2. The summed E-state index contributed by atoms with van der Waals surface area (Å²) in [6, 6.07) is 16.8. The number of nitrogens with zero attached hydrogens (tertiary/aromatic N) is 1. The van der Waals surface area contributed by atoms with Gasteiger partial charge in [-0.3, -0.25) is 9.78 Å². The first-order valence-electron chi connectivity index (χ1n) is 9.48. The zero-order valence-corrected chi connectivity index (χ0v) is 15.6. The lowest BCUT2D eigenvalue weighted by molar-refractivity contribution is -0.118. The van der Waals surface area contributed by atoms with E-state index in [1.54, 1.807) is 6.20 Å². The van der Waals surface area contributed by atoms with Crippen LogP contribution in [-0.4, -0.2) is 10.8 Å². The molecule has 5 rings (SSSR count). The Bertz CT molecular complexity index is 1100. The van der Waals surface area contributed by atoms with E-state index in [2.05, 4.69) is 66.6 Å². The van der Waals surface area contributed by atoms with Crippen molar-refractivity contribution >= 4 is 22.2 Å². The Balaban J connectivity index is 1.82. The SMILES string of the molecule is CC1(C)CC(=O)C2=C(C1)Nc1ccc3ccccc3c1[C@H]2c1cccnc1. The van der Waals surface area contributed by atoms with Crippen LogP contribution in [0.3, 0.4) is 0 Å². The lowest BCUT2D eigenvalue weighted by Gasteiger charge is -2.39. The molecule has 0 amide bonds. The molecule has 0 fully saturated rings. The predicted molar refractivity (Wildman–Crippen MR) is 109 cm³/mol. The molecule has 1 atom stereocenters.